The van der Waals surface area contributed by atoms with Crippen LogP contribution in [0, 0.1) is 0 Å². The predicted molar refractivity (Wildman–Crippen MR) is 80.3 cm³/mol. The maximum Gasteiger partial charge on any atom is 0.159 e. The number of para-hydroxylation sites is 1. The molecule has 3 rings (SSSR count). The lowest BCUT2D eigenvalue weighted by molar-refractivity contribution is 0.753. The monoisotopic (exact) mass is 267 g/mol. The van der Waals surface area contributed by atoms with Crippen LogP contribution in [-0.4, -0.2) is 26.8 Å². The van der Waals surface area contributed by atoms with E-state index < -0.39 is 0 Å². The summed E-state index contributed by atoms with van der Waals surface area (Å²) in [5.74, 6) is 2.67. The van der Waals surface area contributed by atoms with E-state index in [-0.39, 0.29) is 5.92 Å². The van der Waals surface area contributed by atoms with Crippen LogP contribution < -0.4 is 5.32 Å². The summed E-state index contributed by atoms with van der Waals surface area (Å²) in [6.45, 7) is 4.17. The molecule has 1 N–H and O–H groups in total. The number of hydrogen-bond acceptors (Lipinski definition) is 4. The molecule has 0 saturated heterocycles. The van der Waals surface area contributed by atoms with Gasteiger partial charge in [-0.15, -0.1) is 0 Å². The van der Waals surface area contributed by atoms with Gasteiger partial charge in [0, 0.05) is 24.4 Å². The number of anilines is 1. The second-order valence-electron chi connectivity index (χ2n) is 4.99. The molecule has 0 spiro atoms. The van der Waals surface area contributed by atoms with E-state index in [1.807, 2.05) is 48.3 Å². The van der Waals surface area contributed by atoms with Gasteiger partial charge in [-0.25, -0.2) is 14.6 Å². The van der Waals surface area contributed by atoms with Crippen LogP contribution in [-0.2, 0) is 0 Å². The van der Waals surface area contributed by atoms with Crippen LogP contribution >= 0.6 is 0 Å². The fourth-order valence-electron chi connectivity index (χ4n) is 2.10. The Kier molecular flexibility index (Phi) is 3.10. The Bertz CT molecular complexity index is 745. The quantitative estimate of drug-likeness (QED) is 0.792. The summed E-state index contributed by atoms with van der Waals surface area (Å²) in [4.78, 5) is 9.10. The summed E-state index contributed by atoms with van der Waals surface area (Å²) in [6.07, 6.45) is 1.85. The molecular formula is C15H17N5. The number of hydrogen-bond donors (Lipinski definition) is 1. The molecule has 102 valence electrons. The SMILES string of the molecule is CNc1cc(-n2ncc3ccccc32)nc(C(C)C)n1. The van der Waals surface area contributed by atoms with Crippen LogP contribution in [0.3, 0.4) is 0 Å². The van der Waals surface area contributed by atoms with Gasteiger partial charge in [0.15, 0.2) is 5.82 Å². The van der Waals surface area contributed by atoms with E-state index in [9.17, 15) is 0 Å². The van der Waals surface area contributed by atoms with Crippen LogP contribution in [0.15, 0.2) is 36.5 Å². The Hall–Kier alpha value is -2.43. The van der Waals surface area contributed by atoms with E-state index in [1.54, 1.807) is 0 Å². The summed E-state index contributed by atoms with van der Waals surface area (Å²) in [7, 11) is 1.86. The summed E-state index contributed by atoms with van der Waals surface area (Å²) in [5.41, 5.74) is 1.04. The Balaban J connectivity index is 2.20. The third-order valence-electron chi connectivity index (χ3n) is 3.20. The lowest BCUT2D eigenvalue weighted by Gasteiger charge is -2.10. The molecule has 0 fully saturated rings. The number of aromatic nitrogens is 4. The topological polar surface area (TPSA) is 55.6 Å². The van der Waals surface area contributed by atoms with Gasteiger partial charge in [0.25, 0.3) is 0 Å². The lowest BCUT2D eigenvalue weighted by atomic mass is 10.2. The van der Waals surface area contributed by atoms with E-state index in [2.05, 4.69) is 34.2 Å². The molecule has 2 heterocycles. The van der Waals surface area contributed by atoms with E-state index >= 15 is 0 Å². The van der Waals surface area contributed by atoms with E-state index in [4.69, 9.17) is 0 Å². The Labute approximate surface area is 117 Å². The molecule has 0 aliphatic rings. The maximum absolute atomic E-state index is 4.62. The second-order valence-corrected chi connectivity index (χ2v) is 4.99. The average Bonchev–Trinajstić information content (AvgIpc) is 2.90. The van der Waals surface area contributed by atoms with Gasteiger partial charge in [-0.2, -0.15) is 5.10 Å². The third kappa shape index (κ3) is 2.11. The van der Waals surface area contributed by atoms with Gasteiger partial charge in [-0.1, -0.05) is 32.0 Å². The zero-order valence-electron chi connectivity index (χ0n) is 11.8. The molecule has 0 bridgehead atoms. The number of fused-ring (bicyclic) bond motifs is 1. The standard InChI is InChI=1S/C15H17N5/c1-10(2)15-18-13(16-3)8-14(19-15)20-12-7-5-4-6-11(12)9-17-20/h4-10H,1-3H3,(H,16,18,19). The highest BCUT2D eigenvalue weighted by Gasteiger charge is 2.11. The van der Waals surface area contributed by atoms with Crippen LogP contribution in [0.4, 0.5) is 5.82 Å². The van der Waals surface area contributed by atoms with Crippen molar-refractivity contribution < 1.29 is 0 Å². The molecule has 3 aromatic rings. The third-order valence-corrected chi connectivity index (χ3v) is 3.20. The molecule has 5 nitrogen and oxygen atoms in total. The lowest BCUT2D eigenvalue weighted by Crippen LogP contribution is -2.07. The normalized spacial score (nSPS) is 11.2. The maximum atomic E-state index is 4.62. The van der Waals surface area contributed by atoms with Crippen LogP contribution in [0.25, 0.3) is 16.7 Å². The van der Waals surface area contributed by atoms with Crippen LogP contribution in [0.2, 0.25) is 0 Å². The minimum atomic E-state index is 0.267. The number of nitrogens with zero attached hydrogens (tertiary/aromatic N) is 4. The van der Waals surface area contributed by atoms with Crippen molar-refractivity contribution in [2.24, 2.45) is 0 Å². The van der Waals surface area contributed by atoms with Crippen LogP contribution in [0.5, 0.6) is 0 Å². The molecule has 20 heavy (non-hydrogen) atoms. The molecule has 0 aliphatic carbocycles. The van der Waals surface area contributed by atoms with Crippen molar-refractivity contribution >= 4 is 16.7 Å². The highest BCUT2D eigenvalue weighted by atomic mass is 15.3. The molecule has 0 radical (unpaired) electrons. The van der Waals surface area contributed by atoms with Gasteiger partial charge in [0.2, 0.25) is 0 Å². The molecule has 5 heteroatoms. The molecule has 0 atom stereocenters. The van der Waals surface area contributed by atoms with Crippen molar-refractivity contribution in [3.63, 3.8) is 0 Å². The smallest absolute Gasteiger partial charge is 0.159 e. The first-order valence-electron chi connectivity index (χ1n) is 6.69. The average molecular weight is 267 g/mol. The van der Waals surface area contributed by atoms with Gasteiger partial charge in [-0.05, 0) is 6.07 Å². The predicted octanol–water partition coefficient (Wildman–Crippen LogP) is 2.98. The van der Waals surface area contributed by atoms with Crippen LogP contribution in [0.1, 0.15) is 25.6 Å². The fourth-order valence-corrected chi connectivity index (χ4v) is 2.10. The zero-order valence-corrected chi connectivity index (χ0v) is 11.8. The van der Waals surface area contributed by atoms with Gasteiger partial charge < -0.3 is 5.32 Å². The number of benzene rings is 1. The van der Waals surface area contributed by atoms with Crippen molar-refractivity contribution in [2.45, 2.75) is 19.8 Å². The fraction of sp³-hybridized carbons (Fsp3) is 0.267. The first kappa shape index (κ1) is 12.6. The summed E-state index contributed by atoms with van der Waals surface area (Å²) in [6, 6.07) is 10.0. The van der Waals surface area contributed by atoms with E-state index in [0.29, 0.717) is 0 Å². The summed E-state index contributed by atoms with van der Waals surface area (Å²) >= 11 is 0. The Morgan fingerprint density at radius 3 is 2.70 bits per heavy atom. The van der Waals surface area contributed by atoms with Crippen molar-refractivity contribution in [1.82, 2.24) is 19.7 Å². The minimum Gasteiger partial charge on any atom is -0.373 e. The van der Waals surface area contributed by atoms with Crippen molar-refractivity contribution in [2.75, 3.05) is 12.4 Å². The summed E-state index contributed by atoms with van der Waals surface area (Å²) < 4.78 is 1.85. The van der Waals surface area contributed by atoms with Gasteiger partial charge in [0.05, 0.1) is 11.7 Å². The summed E-state index contributed by atoms with van der Waals surface area (Å²) in [5, 5.41) is 8.62. The number of nitrogens with one attached hydrogen (secondary N) is 1. The first-order valence-corrected chi connectivity index (χ1v) is 6.69. The molecular weight excluding hydrogens is 250 g/mol. The van der Waals surface area contributed by atoms with Crippen molar-refractivity contribution in [3.8, 4) is 5.82 Å². The molecule has 0 saturated carbocycles. The first-order chi connectivity index (χ1) is 9.69. The molecule has 0 unspecified atom stereocenters. The Morgan fingerprint density at radius 2 is 1.95 bits per heavy atom. The molecule has 1 aromatic carbocycles. The zero-order chi connectivity index (χ0) is 14.1. The van der Waals surface area contributed by atoms with Gasteiger partial charge in [-0.3, -0.25) is 0 Å². The second kappa shape index (κ2) is 4.92. The van der Waals surface area contributed by atoms with Crippen molar-refractivity contribution in [3.05, 3.63) is 42.4 Å². The highest BCUT2D eigenvalue weighted by Crippen LogP contribution is 2.20. The van der Waals surface area contributed by atoms with Gasteiger partial charge >= 0.3 is 0 Å². The molecule has 0 amide bonds. The van der Waals surface area contributed by atoms with Crippen molar-refractivity contribution in [1.29, 1.82) is 0 Å². The Morgan fingerprint density at radius 1 is 1.15 bits per heavy atom. The molecule has 2 aromatic heterocycles. The largest absolute Gasteiger partial charge is 0.373 e. The highest BCUT2D eigenvalue weighted by molar-refractivity contribution is 5.79. The van der Waals surface area contributed by atoms with E-state index in [1.165, 1.54) is 0 Å². The van der Waals surface area contributed by atoms with E-state index in [0.717, 1.165) is 28.4 Å². The van der Waals surface area contributed by atoms with Gasteiger partial charge in [0.1, 0.15) is 11.6 Å². The number of rotatable bonds is 3. The molecule has 0 aliphatic heterocycles. The minimum absolute atomic E-state index is 0.267.